The lowest BCUT2D eigenvalue weighted by atomic mass is 10.1. The van der Waals surface area contributed by atoms with Crippen molar-refractivity contribution in [2.24, 2.45) is 7.05 Å². The van der Waals surface area contributed by atoms with Gasteiger partial charge in [-0.25, -0.2) is 4.68 Å². The first-order valence-corrected chi connectivity index (χ1v) is 6.94. The third-order valence-corrected chi connectivity index (χ3v) is 3.21. The van der Waals surface area contributed by atoms with Gasteiger partial charge in [0.25, 0.3) is 11.2 Å². The quantitative estimate of drug-likeness (QED) is 0.672. The van der Waals surface area contributed by atoms with E-state index < -0.39 is 4.92 Å². The zero-order valence-electron chi connectivity index (χ0n) is 12.7. The first-order valence-electron chi connectivity index (χ1n) is 6.94. The summed E-state index contributed by atoms with van der Waals surface area (Å²) in [5.74, 6) is 0. The van der Waals surface area contributed by atoms with Gasteiger partial charge in [0.15, 0.2) is 0 Å². The van der Waals surface area contributed by atoms with Crippen LogP contribution in [0.1, 0.15) is 19.4 Å². The van der Waals surface area contributed by atoms with Gasteiger partial charge >= 0.3 is 0 Å². The predicted octanol–water partition coefficient (Wildman–Crippen LogP) is 1.85. The molecule has 0 aliphatic rings. The van der Waals surface area contributed by atoms with E-state index in [2.05, 4.69) is 10.4 Å². The molecule has 116 valence electrons. The SMILES string of the molecule is CC(C)NCc1cc(-c2ccc([N+](=O)[O-])cc2)nn(C)c1=O. The molecule has 0 bridgehead atoms. The summed E-state index contributed by atoms with van der Waals surface area (Å²) < 4.78 is 1.29. The monoisotopic (exact) mass is 302 g/mol. The van der Waals surface area contributed by atoms with Crippen LogP contribution >= 0.6 is 0 Å². The standard InChI is InChI=1S/C15H18N4O3/c1-10(2)16-9-12-8-14(17-18(3)15(12)20)11-4-6-13(7-5-11)19(21)22/h4-8,10,16H,9H2,1-3H3. The second-order valence-electron chi connectivity index (χ2n) is 5.32. The maximum absolute atomic E-state index is 12.1. The second kappa shape index (κ2) is 6.48. The van der Waals surface area contributed by atoms with Crippen molar-refractivity contribution in [3.8, 4) is 11.3 Å². The van der Waals surface area contributed by atoms with Gasteiger partial charge in [-0.1, -0.05) is 13.8 Å². The maximum atomic E-state index is 12.1. The van der Waals surface area contributed by atoms with Crippen LogP contribution in [0, 0.1) is 10.1 Å². The molecule has 1 N–H and O–H groups in total. The molecule has 1 aromatic carbocycles. The molecule has 0 unspecified atom stereocenters. The normalized spacial score (nSPS) is 10.9. The Hall–Kier alpha value is -2.54. The molecule has 0 aliphatic carbocycles. The van der Waals surface area contributed by atoms with Crippen LogP contribution in [0.5, 0.6) is 0 Å². The van der Waals surface area contributed by atoms with Gasteiger partial charge in [0.05, 0.1) is 10.6 Å². The summed E-state index contributed by atoms with van der Waals surface area (Å²) in [6.45, 7) is 4.46. The van der Waals surface area contributed by atoms with Crippen LogP contribution in [0.3, 0.4) is 0 Å². The summed E-state index contributed by atoms with van der Waals surface area (Å²) in [6.07, 6.45) is 0. The highest BCUT2D eigenvalue weighted by molar-refractivity contribution is 5.60. The van der Waals surface area contributed by atoms with Crippen molar-refractivity contribution in [3.63, 3.8) is 0 Å². The van der Waals surface area contributed by atoms with E-state index in [1.807, 2.05) is 13.8 Å². The number of nitrogens with one attached hydrogen (secondary N) is 1. The third kappa shape index (κ3) is 3.56. The Balaban J connectivity index is 2.38. The van der Waals surface area contributed by atoms with Crippen molar-refractivity contribution >= 4 is 5.69 Å². The molecule has 1 heterocycles. The Morgan fingerprint density at radius 2 is 1.95 bits per heavy atom. The summed E-state index contributed by atoms with van der Waals surface area (Å²) >= 11 is 0. The second-order valence-corrected chi connectivity index (χ2v) is 5.32. The summed E-state index contributed by atoms with van der Waals surface area (Å²) in [5, 5.41) is 18.1. The molecule has 0 atom stereocenters. The van der Waals surface area contributed by atoms with Crippen LogP contribution in [0.25, 0.3) is 11.3 Å². The predicted molar refractivity (Wildman–Crippen MR) is 83.5 cm³/mol. The fourth-order valence-electron chi connectivity index (χ4n) is 2.01. The molecule has 0 saturated heterocycles. The van der Waals surface area contributed by atoms with Gasteiger partial charge in [-0.2, -0.15) is 5.10 Å². The smallest absolute Gasteiger partial charge is 0.271 e. The number of benzene rings is 1. The number of nitrogens with zero attached hydrogens (tertiary/aromatic N) is 3. The fourth-order valence-corrected chi connectivity index (χ4v) is 2.01. The van der Waals surface area contributed by atoms with Crippen molar-refractivity contribution in [3.05, 3.63) is 56.4 Å². The number of nitro benzene ring substituents is 1. The molecule has 22 heavy (non-hydrogen) atoms. The molecule has 7 nitrogen and oxygen atoms in total. The third-order valence-electron chi connectivity index (χ3n) is 3.21. The number of rotatable bonds is 5. The molecule has 0 radical (unpaired) electrons. The number of non-ortho nitro benzene ring substituents is 1. The summed E-state index contributed by atoms with van der Waals surface area (Å²) in [5.41, 5.74) is 1.82. The molecule has 0 amide bonds. The lowest BCUT2D eigenvalue weighted by Gasteiger charge is -2.10. The molecule has 2 rings (SSSR count). The highest BCUT2D eigenvalue weighted by Gasteiger charge is 2.10. The molecule has 0 fully saturated rings. The minimum atomic E-state index is -0.448. The highest BCUT2D eigenvalue weighted by atomic mass is 16.6. The largest absolute Gasteiger partial charge is 0.310 e. The van der Waals surface area contributed by atoms with Crippen molar-refractivity contribution in [2.75, 3.05) is 0 Å². The van der Waals surface area contributed by atoms with Gasteiger partial charge in [0, 0.05) is 42.9 Å². The Kier molecular flexibility index (Phi) is 4.67. The zero-order valence-corrected chi connectivity index (χ0v) is 12.7. The molecular weight excluding hydrogens is 284 g/mol. The molecule has 2 aromatic rings. The molecule has 0 saturated carbocycles. The summed E-state index contributed by atoms with van der Waals surface area (Å²) in [4.78, 5) is 22.3. The van der Waals surface area contributed by atoms with E-state index >= 15 is 0 Å². The average Bonchev–Trinajstić information content (AvgIpc) is 2.48. The van der Waals surface area contributed by atoms with Gasteiger partial charge in [0.2, 0.25) is 0 Å². The Bertz CT molecular complexity index is 735. The lowest BCUT2D eigenvalue weighted by molar-refractivity contribution is -0.384. The van der Waals surface area contributed by atoms with Crippen molar-refractivity contribution in [2.45, 2.75) is 26.4 Å². The van der Waals surface area contributed by atoms with Crippen LogP contribution in [0.2, 0.25) is 0 Å². The van der Waals surface area contributed by atoms with Gasteiger partial charge < -0.3 is 5.32 Å². The van der Waals surface area contributed by atoms with Crippen LogP contribution in [-0.4, -0.2) is 20.7 Å². The minimum absolute atomic E-state index is 0.0234. The van der Waals surface area contributed by atoms with E-state index in [4.69, 9.17) is 0 Å². The van der Waals surface area contributed by atoms with E-state index in [-0.39, 0.29) is 17.3 Å². The molecule has 0 spiro atoms. The Labute approximate surface area is 127 Å². The lowest BCUT2D eigenvalue weighted by Crippen LogP contribution is -2.30. The summed E-state index contributed by atoms with van der Waals surface area (Å²) in [6, 6.07) is 8.09. The van der Waals surface area contributed by atoms with E-state index in [1.165, 1.54) is 16.8 Å². The molecule has 7 heteroatoms. The van der Waals surface area contributed by atoms with Crippen molar-refractivity contribution in [1.82, 2.24) is 15.1 Å². The molecular formula is C15H18N4O3. The van der Waals surface area contributed by atoms with E-state index in [0.29, 0.717) is 17.8 Å². The topological polar surface area (TPSA) is 90.1 Å². The molecule has 1 aromatic heterocycles. The summed E-state index contributed by atoms with van der Waals surface area (Å²) in [7, 11) is 1.59. The van der Waals surface area contributed by atoms with Crippen LogP contribution in [0.4, 0.5) is 5.69 Å². The number of hydrogen-bond donors (Lipinski definition) is 1. The van der Waals surface area contributed by atoms with E-state index in [1.54, 1.807) is 25.2 Å². The minimum Gasteiger partial charge on any atom is -0.310 e. The van der Waals surface area contributed by atoms with Crippen LogP contribution < -0.4 is 10.9 Å². The Morgan fingerprint density at radius 1 is 1.32 bits per heavy atom. The van der Waals surface area contributed by atoms with Gasteiger partial charge in [0.1, 0.15) is 0 Å². The number of aryl methyl sites for hydroxylation is 1. The molecule has 0 aliphatic heterocycles. The van der Waals surface area contributed by atoms with Gasteiger partial charge in [-0.15, -0.1) is 0 Å². The fraction of sp³-hybridized carbons (Fsp3) is 0.333. The number of nitro groups is 1. The Morgan fingerprint density at radius 3 is 2.50 bits per heavy atom. The van der Waals surface area contributed by atoms with Crippen LogP contribution in [0.15, 0.2) is 35.1 Å². The van der Waals surface area contributed by atoms with Crippen molar-refractivity contribution < 1.29 is 4.92 Å². The van der Waals surface area contributed by atoms with E-state index in [9.17, 15) is 14.9 Å². The number of aromatic nitrogens is 2. The highest BCUT2D eigenvalue weighted by Crippen LogP contribution is 2.20. The van der Waals surface area contributed by atoms with Crippen LogP contribution in [-0.2, 0) is 13.6 Å². The van der Waals surface area contributed by atoms with Gasteiger partial charge in [-0.3, -0.25) is 14.9 Å². The maximum Gasteiger partial charge on any atom is 0.271 e. The van der Waals surface area contributed by atoms with Gasteiger partial charge in [-0.05, 0) is 18.2 Å². The average molecular weight is 302 g/mol. The number of hydrogen-bond acceptors (Lipinski definition) is 5. The first-order chi connectivity index (χ1) is 10.4. The van der Waals surface area contributed by atoms with Crippen molar-refractivity contribution in [1.29, 1.82) is 0 Å². The first kappa shape index (κ1) is 15.8. The zero-order chi connectivity index (χ0) is 16.3. The van der Waals surface area contributed by atoms with E-state index in [0.717, 1.165) is 5.56 Å².